The summed E-state index contributed by atoms with van der Waals surface area (Å²) < 4.78 is 0. The molecule has 1 aliphatic rings. The Bertz CT molecular complexity index is 447. The van der Waals surface area contributed by atoms with E-state index in [0.29, 0.717) is 17.6 Å². The van der Waals surface area contributed by atoms with E-state index in [1.165, 1.54) is 25.0 Å². The van der Waals surface area contributed by atoms with Crippen LogP contribution in [0.1, 0.15) is 23.2 Å². The number of phenolic OH excluding ortho intramolecular Hbond substituents is 1. The fourth-order valence-electron chi connectivity index (χ4n) is 1.83. The van der Waals surface area contributed by atoms with E-state index in [1.807, 2.05) is 0 Å². The van der Waals surface area contributed by atoms with Crippen molar-refractivity contribution >= 4 is 17.5 Å². The van der Waals surface area contributed by atoms with Gasteiger partial charge < -0.3 is 15.3 Å². The van der Waals surface area contributed by atoms with Crippen LogP contribution in [-0.2, 0) is 0 Å². The number of nitrogens with one attached hydrogen (secondary N) is 1. The van der Waals surface area contributed by atoms with Gasteiger partial charge in [-0.05, 0) is 38.1 Å². The number of likely N-dealkylation sites (N-methyl/N-ethyl adjacent to an activating group) is 1. The van der Waals surface area contributed by atoms with Crippen molar-refractivity contribution in [3.05, 3.63) is 28.8 Å². The van der Waals surface area contributed by atoms with Crippen molar-refractivity contribution in [2.45, 2.75) is 18.9 Å². The highest BCUT2D eigenvalue weighted by Gasteiger charge is 2.25. The number of hydrogen-bond acceptors (Lipinski definition) is 3. The zero-order chi connectivity index (χ0) is 13.1. The van der Waals surface area contributed by atoms with Crippen molar-refractivity contribution in [2.24, 2.45) is 0 Å². The van der Waals surface area contributed by atoms with Gasteiger partial charge in [0, 0.05) is 24.2 Å². The molecule has 0 aromatic heterocycles. The van der Waals surface area contributed by atoms with Gasteiger partial charge in [-0.15, -0.1) is 0 Å². The molecule has 0 atom stereocenters. The standard InChI is InChI=1S/C13H17ClN2O2/c1-16(10-3-4-10)7-6-15-13(18)11-8-9(14)2-5-12(11)17/h2,5,8,10,17H,3-4,6-7H2,1H3,(H,15,18). The van der Waals surface area contributed by atoms with Gasteiger partial charge in [0.2, 0.25) is 0 Å². The van der Waals surface area contributed by atoms with Crippen molar-refractivity contribution < 1.29 is 9.90 Å². The maximum Gasteiger partial charge on any atom is 0.255 e. The first-order valence-electron chi connectivity index (χ1n) is 6.05. The van der Waals surface area contributed by atoms with E-state index in [-0.39, 0.29) is 17.2 Å². The molecule has 1 aliphatic carbocycles. The first-order valence-corrected chi connectivity index (χ1v) is 6.42. The van der Waals surface area contributed by atoms with Crippen molar-refractivity contribution in [1.82, 2.24) is 10.2 Å². The molecule has 4 nitrogen and oxygen atoms in total. The lowest BCUT2D eigenvalue weighted by atomic mass is 10.2. The number of nitrogens with zero attached hydrogens (tertiary/aromatic N) is 1. The van der Waals surface area contributed by atoms with Crippen LogP contribution in [0.5, 0.6) is 5.75 Å². The van der Waals surface area contributed by atoms with Crippen molar-refractivity contribution in [2.75, 3.05) is 20.1 Å². The summed E-state index contributed by atoms with van der Waals surface area (Å²) in [4.78, 5) is 14.1. The Kier molecular flexibility index (Phi) is 4.09. The van der Waals surface area contributed by atoms with E-state index in [2.05, 4.69) is 17.3 Å². The number of rotatable bonds is 5. The van der Waals surface area contributed by atoms with Gasteiger partial charge in [-0.1, -0.05) is 11.6 Å². The Morgan fingerprint density at radius 2 is 2.28 bits per heavy atom. The molecule has 1 saturated carbocycles. The van der Waals surface area contributed by atoms with Gasteiger partial charge in [0.05, 0.1) is 5.56 Å². The molecule has 1 amide bonds. The molecule has 0 heterocycles. The molecule has 98 valence electrons. The van der Waals surface area contributed by atoms with E-state index in [0.717, 1.165) is 6.54 Å². The molecule has 1 aromatic rings. The van der Waals surface area contributed by atoms with Gasteiger partial charge in [-0.2, -0.15) is 0 Å². The Morgan fingerprint density at radius 3 is 2.94 bits per heavy atom. The largest absolute Gasteiger partial charge is 0.507 e. The first-order chi connectivity index (χ1) is 8.58. The zero-order valence-corrected chi connectivity index (χ0v) is 11.1. The minimum absolute atomic E-state index is 0.0487. The van der Waals surface area contributed by atoms with Crippen LogP contribution >= 0.6 is 11.6 Å². The molecule has 0 bridgehead atoms. The molecule has 5 heteroatoms. The van der Waals surface area contributed by atoms with E-state index in [4.69, 9.17) is 11.6 Å². The monoisotopic (exact) mass is 268 g/mol. The molecular formula is C13H17ClN2O2. The van der Waals surface area contributed by atoms with Gasteiger partial charge in [0.25, 0.3) is 5.91 Å². The fraction of sp³-hybridized carbons (Fsp3) is 0.462. The summed E-state index contributed by atoms with van der Waals surface area (Å²) in [6.45, 7) is 1.38. The average Bonchev–Trinajstić information content (AvgIpc) is 3.16. The first kappa shape index (κ1) is 13.2. The van der Waals surface area contributed by atoms with E-state index >= 15 is 0 Å². The molecule has 0 saturated heterocycles. The minimum Gasteiger partial charge on any atom is -0.507 e. The second-order valence-corrected chi connectivity index (χ2v) is 5.07. The highest BCUT2D eigenvalue weighted by molar-refractivity contribution is 6.31. The Balaban J connectivity index is 1.85. The van der Waals surface area contributed by atoms with Crippen LogP contribution in [0.3, 0.4) is 0 Å². The maximum atomic E-state index is 11.8. The quantitative estimate of drug-likeness (QED) is 0.857. The van der Waals surface area contributed by atoms with Crippen LogP contribution in [0.4, 0.5) is 0 Å². The minimum atomic E-state index is -0.292. The molecular weight excluding hydrogens is 252 g/mol. The van der Waals surface area contributed by atoms with Gasteiger partial charge >= 0.3 is 0 Å². The number of aromatic hydroxyl groups is 1. The third kappa shape index (κ3) is 3.37. The second-order valence-electron chi connectivity index (χ2n) is 4.63. The summed E-state index contributed by atoms with van der Waals surface area (Å²) in [7, 11) is 2.06. The molecule has 2 N–H and O–H groups in total. The van der Waals surface area contributed by atoms with Crippen molar-refractivity contribution in [3.63, 3.8) is 0 Å². The molecule has 0 aliphatic heterocycles. The zero-order valence-electron chi connectivity index (χ0n) is 10.3. The highest BCUT2D eigenvalue weighted by atomic mass is 35.5. The predicted molar refractivity (Wildman–Crippen MR) is 71.1 cm³/mol. The second kappa shape index (κ2) is 5.59. The van der Waals surface area contributed by atoms with Crippen molar-refractivity contribution in [3.8, 4) is 5.75 Å². The topological polar surface area (TPSA) is 52.6 Å². The fourth-order valence-corrected chi connectivity index (χ4v) is 2.00. The summed E-state index contributed by atoms with van der Waals surface area (Å²) in [5.74, 6) is -0.341. The predicted octanol–water partition coefficient (Wildman–Crippen LogP) is 1.87. The van der Waals surface area contributed by atoms with Crippen LogP contribution in [0, 0.1) is 0 Å². The number of amides is 1. The van der Waals surface area contributed by atoms with Gasteiger partial charge in [-0.25, -0.2) is 0 Å². The van der Waals surface area contributed by atoms with E-state index in [1.54, 1.807) is 6.07 Å². The number of carbonyl (C=O) groups excluding carboxylic acids is 1. The molecule has 0 spiro atoms. The van der Waals surface area contributed by atoms with Gasteiger partial charge in [0.15, 0.2) is 0 Å². The molecule has 1 aromatic carbocycles. The van der Waals surface area contributed by atoms with Crippen LogP contribution in [-0.4, -0.2) is 42.1 Å². The molecule has 2 rings (SSSR count). The van der Waals surface area contributed by atoms with Crippen LogP contribution in [0.15, 0.2) is 18.2 Å². The van der Waals surface area contributed by atoms with Gasteiger partial charge in [-0.3, -0.25) is 4.79 Å². The SMILES string of the molecule is CN(CCNC(=O)c1cc(Cl)ccc1O)C1CC1. The highest BCUT2D eigenvalue weighted by Crippen LogP contribution is 2.24. The molecule has 18 heavy (non-hydrogen) atoms. The summed E-state index contributed by atoms with van der Waals surface area (Å²) in [5.41, 5.74) is 0.219. The molecule has 0 unspecified atom stereocenters. The summed E-state index contributed by atoms with van der Waals surface area (Å²) in [5, 5.41) is 12.8. The Morgan fingerprint density at radius 1 is 1.56 bits per heavy atom. The lowest BCUT2D eigenvalue weighted by Gasteiger charge is -2.15. The van der Waals surface area contributed by atoms with Crippen LogP contribution < -0.4 is 5.32 Å². The number of benzene rings is 1. The lowest BCUT2D eigenvalue weighted by molar-refractivity contribution is 0.0947. The van der Waals surface area contributed by atoms with Crippen LogP contribution in [0.25, 0.3) is 0 Å². The maximum absolute atomic E-state index is 11.8. The lowest BCUT2D eigenvalue weighted by Crippen LogP contribution is -2.34. The number of halogens is 1. The average molecular weight is 269 g/mol. The number of carbonyl (C=O) groups is 1. The third-order valence-corrected chi connectivity index (χ3v) is 3.36. The smallest absolute Gasteiger partial charge is 0.255 e. The third-order valence-electron chi connectivity index (χ3n) is 3.12. The number of hydrogen-bond donors (Lipinski definition) is 2. The van der Waals surface area contributed by atoms with Crippen molar-refractivity contribution in [1.29, 1.82) is 0 Å². The molecule has 1 fully saturated rings. The van der Waals surface area contributed by atoms with Gasteiger partial charge in [0.1, 0.15) is 5.75 Å². The number of phenols is 1. The summed E-state index contributed by atoms with van der Waals surface area (Å²) in [6, 6.07) is 5.13. The molecule has 0 radical (unpaired) electrons. The van der Waals surface area contributed by atoms with Crippen LogP contribution in [0.2, 0.25) is 5.02 Å². The summed E-state index contributed by atoms with van der Waals surface area (Å²) in [6.07, 6.45) is 2.50. The Labute approximate surface area is 112 Å². The normalized spacial score (nSPS) is 14.8. The Hall–Kier alpha value is -1.26. The van der Waals surface area contributed by atoms with E-state index in [9.17, 15) is 9.90 Å². The summed E-state index contributed by atoms with van der Waals surface area (Å²) >= 11 is 5.80. The van der Waals surface area contributed by atoms with E-state index < -0.39 is 0 Å².